The van der Waals surface area contributed by atoms with Gasteiger partial charge in [-0.2, -0.15) is 0 Å². The number of benzene rings is 1. The lowest BCUT2D eigenvalue weighted by Gasteiger charge is -2.22. The molecule has 134 valence electrons. The van der Waals surface area contributed by atoms with Gasteiger partial charge in [-0.15, -0.1) is 0 Å². The Labute approximate surface area is 141 Å². The number of rotatable bonds is 6. The van der Waals surface area contributed by atoms with Crippen LogP contribution in [0.5, 0.6) is 0 Å². The zero-order chi connectivity index (χ0) is 17.7. The standard InChI is InChI=1S/C17H25F2N3O2/c1-11(2)7-14(10-23)21-17(24)20-13-5-6-22(9-13)16-4-3-12(18)8-15(16)19/h3-4,8,11,13-14,23H,5-7,9-10H2,1-2H3,(H2,20,21,24). The monoisotopic (exact) mass is 341 g/mol. The molecule has 0 radical (unpaired) electrons. The second-order valence-electron chi connectivity index (χ2n) is 6.65. The molecular weight excluding hydrogens is 316 g/mol. The molecule has 2 atom stereocenters. The summed E-state index contributed by atoms with van der Waals surface area (Å²) in [7, 11) is 0. The van der Waals surface area contributed by atoms with E-state index >= 15 is 0 Å². The van der Waals surface area contributed by atoms with Crippen molar-refractivity contribution in [2.24, 2.45) is 5.92 Å². The molecule has 5 nitrogen and oxygen atoms in total. The average Bonchev–Trinajstić information content (AvgIpc) is 2.94. The second kappa shape index (κ2) is 8.28. The smallest absolute Gasteiger partial charge is 0.315 e. The molecule has 2 rings (SSSR count). The molecule has 0 saturated carbocycles. The summed E-state index contributed by atoms with van der Waals surface area (Å²) < 4.78 is 26.8. The maximum Gasteiger partial charge on any atom is 0.315 e. The molecule has 7 heteroatoms. The molecule has 0 aromatic heterocycles. The van der Waals surface area contributed by atoms with E-state index in [1.807, 2.05) is 13.8 Å². The van der Waals surface area contributed by atoms with Gasteiger partial charge in [0.2, 0.25) is 0 Å². The summed E-state index contributed by atoms with van der Waals surface area (Å²) in [6.45, 7) is 4.98. The van der Waals surface area contributed by atoms with Crippen molar-refractivity contribution in [3.8, 4) is 0 Å². The third kappa shape index (κ3) is 5.06. The maximum atomic E-state index is 13.8. The Morgan fingerprint density at radius 3 is 2.79 bits per heavy atom. The molecule has 0 bridgehead atoms. The second-order valence-corrected chi connectivity index (χ2v) is 6.65. The fourth-order valence-corrected chi connectivity index (χ4v) is 3.00. The number of halogens is 2. The van der Waals surface area contributed by atoms with Crippen LogP contribution >= 0.6 is 0 Å². The summed E-state index contributed by atoms with van der Waals surface area (Å²) in [5, 5.41) is 14.9. The summed E-state index contributed by atoms with van der Waals surface area (Å²) in [5.74, 6) is -0.840. The number of nitrogens with zero attached hydrogens (tertiary/aromatic N) is 1. The lowest BCUT2D eigenvalue weighted by molar-refractivity contribution is 0.205. The summed E-state index contributed by atoms with van der Waals surface area (Å²) in [5.41, 5.74) is 0.342. The lowest BCUT2D eigenvalue weighted by Crippen LogP contribution is -2.48. The Morgan fingerprint density at radius 1 is 1.42 bits per heavy atom. The molecule has 0 aliphatic carbocycles. The lowest BCUT2D eigenvalue weighted by atomic mass is 10.0. The molecule has 1 aromatic rings. The molecular formula is C17H25F2N3O2. The first kappa shape index (κ1) is 18.4. The predicted octanol–water partition coefficient (Wildman–Crippen LogP) is 2.25. The quantitative estimate of drug-likeness (QED) is 0.744. The van der Waals surface area contributed by atoms with Gasteiger partial charge in [-0.1, -0.05) is 13.8 Å². The third-order valence-electron chi connectivity index (χ3n) is 4.09. The van der Waals surface area contributed by atoms with Crippen molar-refractivity contribution in [3.05, 3.63) is 29.8 Å². The molecule has 1 aromatic carbocycles. The van der Waals surface area contributed by atoms with Gasteiger partial charge >= 0.3 is 6.03 Å². The van der Waals surface area contributed by atoms with Crippen molar-refractivity contribution in [2.75, 3.05) is 24.6 Å². The average molecular weight is 341 g/mol. The van der Waals surface area contributed by atoms with E-state index < -0.39 is 11.6 Å². The van der Waals surface area contributed by atoms with Gasteiger partial charge in [-0.25, -0.2) is 13.6 Å². The topological polar surface area (TPSA) is 64.6 Å². The summed E-state index contributed by atoms with van der Waals surface area (Å²) in [6.07, 6.45) is 1.37. The molecule has 1 saturated heterocycles. The minimum atomic E-state index is -0.607. The van der Waals surface area contributed by atoms with Crippen LogP contribution < -0.4 is 15.5 Å². The highest BCUT2D eigenvalue weighted by molar-refractivity contribution is 5.74. The molecule has 1 aliphatic heterocycles. The van der Waals surface area contributed by atoms with Crippen molar-refractivity contribution >= 4 is 11.7 Å². The predicted molar refractivity (Wildman–Crippen MR) is 89.0 cm³/mol. The Balaban J connectivity index is 1.86. The Kier molecular flexibility index (Phi) is 6.36. The van der Waals surface area contributed by atoms with Gasteiger partial charge in [0.05, 0.1) is 18.3 Å². The fraction of sp³-hybridized carbons (Fsp3) is 0.588. The van der Waals surface area contributed by atoms with Gasteiger partial charge in [-0.05, 0) is 30.9 Å². The summed E-state index contributed by atoms with van der Waals surface area (Å²) in [4.78, 5) is 13.8. The number of urea groups is 1. The fourth-order valence-electron chi connectivity index (χ4n) is 3.00. The van der Waals surface area contributed by atoms with E-state index in [0.29, 0.717) is 37.5 Å². The van der Waals surface area contributed by atoms with Crippen molar-refractivity contribution in [1.82, 2.24) is 10.6 Å². The number of aliphatic hydroxyl groups excluding tert-OH is 1. The van der Waals surface area contributed by atoms with E-state index in [4.69, 9.17) is 0 Å². The Morgan fingerprint density at radius 2 is 2.17 bits per heavy atom. The third-order valence-corrected chi connectivity index (χ3v) is 4.09. The van der Waals surface area contributed by atoms with Crippen LogP contribution in [0.1, 0.15) is 26.7 Å². The van der Waals surface area contributed by atoms with E-state index in [-0.39, 0.29) is 24.7 Å². The largest absolute Gasteiger partial charge is 0.394 e. The van der Waals surface area contributed by atoms with Crippen LogP contribution in [-0.4, -0.2) is 42.9 Å². The van der Waals surface area contributed by atoms with E-state index in [0.717, 1.165) is 6.07 Å². The van der Waals surface area contributed by atoms with E-state index in [1.165, 1.54) is 12.1 Å². The number of carbonyl (C=O) groups excluding carboxylic acids is 1. The molecule has 2 amide bonds. The van der Waals surface area contributed by atoms with Gasteiger partial charge in [0.15, 0.2) is 0 Å². The van der Waals surface area contributed by atoms with Crippen LogP contribution in [0.15, 0.2) is 18.2 Å². The molecule has 0 spiro atoms. The first-order valence-corrected chi connectivity index (χ1v) is 8.27. The van der Waals surface area contributed by atoms with Crippen LogP contribution in [0.25, 0.3) is 0 Å². The number of nitrogens with one attached hydrogen (secondary N) is 2. The van der Waals surface area contributed by atoms with Crippen LogP contribution in [0.3, 0.4) is 0 Å². The SMILES string of the molecule is CC(C)CC(CO)NC(=O)NC1CCN(c2ccc(F)cc2F)C1. The minimum absolute atomic E-state index is 0.108. The Bertz CT molecular complexity index is 569. The van der Waals surface area contributed by atoms with Gasteiger partial charge < -0.3 is 20.6 Å². The first-order valence-electron chi connectivity index (χ1n) is 8.27. The number of carbonyl (C=O) groups is 1. The van der Waals surface area contributed by atoms with E-state index in [1.54, 1.807) is 4.90 Å². The molecule has 24 heavy (non-hydrogen) atoms. The van der Waals surface area contributed by atoms with E-state index in [9.17, 15) is 18.7 Å². The first-order chi connectivity index (χ1) is 11.4. The van der Waals surface area contributed by atoms with Crippen LogP contribution in [0.2, 0.25) is 0 Å². The summed E-state index contributed by atoms with van der Waals surface area (Å²) in [6, 6.07) is 2.77. The minimum Gasteiger partial charge on any atom is -0.394 e. The number of hydrogen-bond acceptors (Lipinski definition) is 3. The normalized spacial score (nSPS) is 18.8. The molecule has 1 heterocycles. The molecule has 3 N–H and O–H groups in total. The molecule has 2 unspecified atom stereocenters. The highest BCUT2D eigenvalue weighted by Crippen LogP contribution is 2.24. The van der Waals surface area contributed by atoms with Crippen LogP contribution in [0, 0.1) is 17.6 Å². The van der Waals surface area contributed by atoms with Crippen molar-refractivity contribution in [2.45, 2.75) is 38.8 Å². The summed E-state index contributed by atoms with van der Waals surface area (Å²) >= 11 is 0. The van der Waals surface area contributed by atoms with Crippen LogP contribution in [0.4, 0.5) is 19.3 Å². The number of anilines is 1. The van der Waals surface area contributed by atoms with Gasteiger partial charge in [0.1, 0.15) is 11.6 Å². The number of amides is 2. The zero-order valence-corrected chi connectivity index (χ0v) is 14.1. The van der Waals surface area contributed by atoms with Crippen LogP contribution in [-0.2, 0) is 0 Å². The highest BCUT2D eigenvalue weighted by Gasteiger charge is 2.26. The van der Waals surface area contributed by atoms with Gasteiger partial charge in [-0.3, -0.25) is 0 Å². The van der Waals surface area contributed by atoms with Crippen molar-refractivity contribution in [1.29, 1.82) is 0 Å². The number of aliphatic hydroxyl groups is 1. The zero-order valence-electron chi connectivity index (χ0n) is 14.1. The Hall–Kier alpha value is -1.89. The maximum absolute atomic E-state index is 13.8. The highest BCUT2D eigenvalue weighted by atomic mass is 19.1. The molecule has 1 aliphatic rings. The van der Waals surface area contributed by atoms with Gasteiger partial charge in [0, 0.05) is 25.2 Å². The van der Waals surface area contributed by atoms with Crippen molar-refractivity contribution in [3.63, 3.8) is 0 Å². The molecule has 1 fully saturated rings. The van der Waals surface area contributed by atoms with Gasteiger partial charge in [0.25, 0.3) is 0 Å². The van der Waals surface area contributed by atoms with E-state index in [2.05, 4.69) is 10.6 Å². The van der Waals surface area contributed by atoms with Crippen molar-refractivity contribution < 1.29 is 18.7 Å². The number of hydrogen-bond donors (Lipinski definition) is 3.